The molecular formula is C26H38N6O3S. The van der Waals surface area contributed by atoms with E-state index in [9.17, 15) is 9.90 Å². The van der Waals surface area contributed by atoms with Crippen molar-refractivity contribution in [1.82, 2.24) is 24.8 Å². The average molecular weight is 515 g/mol. The zero-order valence-electron chi connectivity index (χ0n) is 21.7. The van der Waals surface area contributed by atoms with Crippen LogP contribution in [0.1, 0.15) is 52.0 Å². The van der Waals surface area contributed by atoms with Crippen molar-refractivity contribution in [2.24, 2.45) is 0 Å². The van der Waals surface area contributed by atoms with Crippen molar-refractivity contribution in [2.75, 3.05) is 37.8 Å². The zero-order chi connectivity index (χ0) is 25.7. The molecule has 3 heterocycles. The van der Waals surface area contributed by atoms with Crippen molar-refractivity contribution < 1.29 is 14.6 Å². The van der Waals surface area contributed by atoms with Crippen LogP contribution in [0.5, 0.6) is 0 Å². The molecule has 10 heteroatoms. The van der Waals surface area contributed by atoms with Crippen molar-refractivity contribution in [3.05, 3.63) is 30.1 Å². The SMILES string of the molecule is CSc1ncc(-c2ccc(CN3CCN(C(=O)OC(C)(C)C)CC3)cn2)c(N[C@H]2CC[C@H](O)CC2)n1. The van der Waals surface area contributed by atoms with Crippen LogP contribution in [-0.4, -0.2) is 86.1 Å². The molecule has 0 aromatic carbocycles. The van der Waals surface area contributed by atoms with E-state index >= 15 is 0 Å². The Morgan fingerprint density at radius 3 is 2.44 bits per heavy atom. The van der Waals surface area contributed by atoms with E-state index in [1.165, 1.54) is 11.8 Å². The van der Waals surface area contributed by atoms with Gasteiger partial charge in [-0.05, 0) is 64.3 Å². The topological polar surface area (TPSA) is 104 Å². The Kier molecular flexibility index (Phi) is 8.69. The third-order valence-electron chi connectivity index (χ3n) is 6.52. The Bertz CT molecular complexity index is 1010. The number of aliphatic hydroxyl groups is 1. The van der Waals surface area contributed by atoms with Crippen molar-refractivity contribution in [2.45, 2.75) is 75.9 Å². The smallest absolute Gasteiger partial charge is 0.410 e. The molecular weight excluding hydrogens is 476 g/mol. The fraction of sp³-hybridized carbons (Fsp3) is 0.615. The number of piperazine rings is 1. The first kappa shape index (κ1) is 26.6. The van der Waals surface area contributed by atoms with Gasteiger partial charge in [-0.1, -0.05) is 17.8 Å². The van der Waals surface area contributed by atoms with Crippen LogP contribution in [0.2, 0.25) is 0 Å². The second-order valence-corrected chi connectivity index (χ2v) is 11.3. The van der Waals surface area contributed by atoms with E-state index in [0.717, 1.165) is 73.1 Å². The van der Waals surface area contributed by atoms with Gasteiger partial charge in [-0.3, -0.25) is 9.88 Å². The summed E-state index contributed by atoms with van der Waals surface area (Å²) in [6.45, 7) is 9.38. The largest absolute Gasteiger partial charge is 0.444 e. The van der Waals surface area contributed by atoms with Crippen LogP contribution in [0.25, 0.3) is 11.3 Å². The lowest BCUT2D eigenvalue weighted by molar-refractivity contribution is 0.0139. The van der Waals surface area contributed by atoms with Gasteiger partial charge in [0.1, 0.15) is 11.4 Å². The molecule has 196 valence electrons. The Hall–Kier alpha value is -2.43. The molecule has 36 heavy (non-hydrogen) atoms. The number of hydrogen-bond acceptors (Lipinski definition) is 9. The highest BCUT2D eigenvalue weighted by atomic mass is 32.2. The lowest BCUT2D eigenvalue weighted by Crippen LogP contribution is -2.49. The van der Waals surface area contributed by atoms with Gasteiger partial charge in [0, 0.05) is 51.2 Å². The molecule has 0 spiro atoms. The van der Waals surface area contributed by atoms with E-state index in [-0.39, 0.29) is 18.2 Å². The molecule has 2 aromatic rings. The summed E-state index contributed by atoms with van der Waals surface area (Å²) in [6, 6.07) is 4.42. The Morgan fingerprint density at radius 1 is 1.11 bits per heavy atom. The Labute approximate surface area is 218 Å². The first-order valence-electron chi connectivity index (χ1n) is 12.7. The van der Waals surface area contributed by atoms with Crippen molar-refractivity contribution in [3.63, 3.8) is 0 Å². The van der Waals surface area contributed by atoms with E-state index in [0.29, 0.717) is 13.1 Å². The van der Waals surface area contributed by atoms with Crippen LogP contribution < -0.4 is 5.32 Å². The predicted molar refractivity (Wildman–Crippen MR) is 142 cm³/mol. The minimum atomic E-state index is -0.476. The molecule has 2 N–H and O–H groups in total. The maximum atomic E-state index is 12.3. The quantitative estimate of drug-likeness (QED) is 0.437. The highest BCUT2D eigenvalue weighted by molar-refractivity contribution is 7.98. The normalized spacial score (nSPS) is 21.3. The van der Waals surface area contributed by atoms with Gasteiger partial charge in [-0.25, -0.2) is 14.8 Å². The van der Waals surface area contributed by atoms with Crippen LogP contribution in [0.3, 0.4) is 0 Å². The van der Waals surface area contributed by atoms with Crippen molar-refractivity contribution in [3.8, 4) is 11.3 Å². The van der Waals surface area contributed by atoms with Gasteiger partial charge in [0.2, 0.25) is 0 Å². The molecule has 0 radical (unpaired) electrons. The minimum absolute atomic E-state index is 0.191. The van der Waals surface area contributed by atoms with Gasteiger partial charge in [0.05, 0.1) is 17.4 Å². The predicted octanol–water partition coefficient (Wildman–Crippen LogP) is 4.03. The maximum absolute atomic E-state index is 12.3. The number of aromatic nitrogens is 3. The summed E-state index contributed by atoms with van der Waals surface area (Å²) in [5.74, 6) is 0.800. The molecule has 1 aliphatic heterocycles. The molecule has 2 aliphatic rings. The van der Waals surface area contributed by atoms with E-state index in [1.54, 1.807) is 4.90 Å². The summed E-state index contributed by atoms with van der Waals surface area (Å²) in [4.78, 5) is 30.4. The lowest BCUT2D eigenvalue weighted by atomic mass is 9.93. The summed E-state index contributed by atoms with van der Waals surface area (Å²) in [6.07, 6.45) is 8.77. The monoisotopic (exact) mass is 514 g/mol. The molecule has 9 nitrogen and oxygen atoms in total. The van der Waals surface area contributed by atoms with Gasteiger partial charge in [0.15, 0.2) is 5.16 Å². The molecule has 1 saturated carbocycles. The first-order chi connectivity index (χ1) is 17.2. The van der Waals surface area contributed by atoms with E-state index in [2.05, 4.69) is 21.3 Å². The lowest BCUT2D eigenvalue weighted by Gasteiger charge is -2.35. The molecule has 1 aliphatic carbocycles. The van der Waals surface area contributed by atoms with Gasteiger partial charge < -0.3 is 20.1 Å². The highest BCUT2D eigenvalue weighted by Gasteiger charge is 2.26. The minimum Gasteiger partial charge on any atom is -0.444 e. The summed E-state index contributed by atoms with van der Waals surface area (Å²) in [5, 5.41) is 14.1. The van der Waals surface area contributed by atoms with Crippen molar-refractivity contribution >= 4 is 23.7 Å². The molecule has 1 amide bonds. The number of anilines is 1. The number of thioether (sulfide) groups is 1. The van der Waals surface area contributed by atoms with Crippen molar-refractivity contribution in [1.29, 1.82) is 0 Å². The number of nitrogens with zero attached hydrogens (tertiary/aromatic N) is 5. The van der Waals surface area contributed by atoms with Gasteiger partial charge >= 0.3 is 6.09 Å². The first-order valence-corrected chi connectivity index (χ1v) is 13.9. The summed E-state index contributed by atoms with van der Waals surface area (Å²) >= 11 is 1.51. The van der Waals surface area contributed by atoms with Gasteiger partial charge in [-0.15, -0.1) is 0 Å². The molecule has 0 bridgehead atoms. The highest BCUT2D eigenvalue weighted by Crippen LogP contribution is 2.29. The Balaban J connectivity index is 1.37. The molecule has 0 unspecified atom stereocenters. The van der Waals surface area contributed by atoms with Crippen LogP contribution in [0.15, 0.2) is 29.7 Å². The molecule has 4 rings (SSSR count). The second kappa shape index (κ2) is 11.7. The molecule has 0 atom stereocenters. The van der Waals surface area contributed by atoms with E-state index < -0.39 is 5.60 Å². The Morgan fingerprint density at radius 2 is 1.83 bits per heavy atom. The number of rotatable bonds is 6. The standard InChI is InChI=1S/C26H38N6O3S/c1-26(2,3)35-25(34)32-13-11-31(12-14-32)17-18-5-10-22(27-15-18)21-16-28-24(36-4)30-23(21)29-19-6-8-20(33)9-7-19/h5,10,15-16,19-20,33H,6-9,11-14,17H2,1-4H3,(H,28,29,30)/t19-,20-. The number of carbonyl (C=O) groups is 1. The fourth-order valence-electron chi connectivity index (χ4n) is 4.53. The van der Waals surface area contributed by atoms with E-state index in [4.69, 9.17) is 14.7 Å². The third-order valence-corrected chi connectivity index (χ3v) is 7.08. The number of nitrogens with one attached hydrogen (secondary N) is 1. The number of pyridine rings is 1. The van der Waals surface area contributed by atoms with Crippen LogP contribution >= 0.6 is 11.8 Å². The third kappa shape index (κ3) is 7.30. The number of hydrogen-bond donors (Lipinski definition) is 2. The maximum Gasteiger partial charge on any atom is 0.410 e. The summed E-state index contributed by atoms with van der Waals surface area (Å²) in [5.41, 5.74) is 2.37. The number of ether oxygens (including phenoxy) is 1. The summed E-state index contributed by atoms with van der Waals surface area (Å²) < 4.78 is 5.49. The summed E-state index contributed by atoms with van der Waals surface area (Å²) in [7, 11) is 0. The van der Waals surface area contributed by atoms with Crippen LogP contribution in [-0.2, 0) is 11.3 Å². The second-order valence-electron chi connectivity index (χ2n) is 10.6. The average Bonchev–Trinajstić information content (AvgIpc) is 2.85. The van der Waals surface area contributed by atoms with Crippen LogP contribution in [0.4, 0.5) is 10.6 Å². The number of carbonyl (C=O) groups excluding carboxylic acids is 1. The number of amides is 1. The van der Waals surface area contributed by atoms with E-state index in [1.807, 2.05) is 45.5 Å². The molecule has 2 aromatic heterocycles. The van der Waals surface area contributed by atoms with Gasteiger partial charge in [0.25, 0.3) is 0 Å². The van der Waals surface area contributed by atoms with Gasteiger partial charge in [-0.2, -0.15) is 0 Å². The number of aliphatic hydroxyl groups excluding tert-OH is 1. The molecule has 2 fully saturated rings. The fourth-order valence-corrected chi connectivity index (χ4v) is 4.87. The van der Waals surface area contributed by atoms with Crippen LogP contribution in [0, 0.1) is 0 Å². The molecule has 1 saturated heterocycles. The zero-order valence-corrected chi connectivity index (χ0v) is 22.6.